The van der Waals surface area contributed by atoms with Gasteiger partial charge in [-0.25, -0.2) is 9.50 Å². The fourth-order valence-corrected chi connectivity index (χ4v) is 2.65. The monoisotopic (exact) mass is 325 g/mol. The molecule has 0 unspecified atom stereocenters. The second kappa shape index (κ2) is 6.57. The van der Waals surface area contributed by atoms with Crippen molar-refractivity contribution >= 4 is 17.2 Å². The van der Waals surface area contributed by atoms with E-state index in [-0.39, 0.29) is 18.0 Å². The van der Waals surface area contributed by atoms with Crippen molar-refractivity contribution in [2.24, 2.45) is 0 Å². The average Bonchev–Trinajstić information content (AvgIpc) is 2.90. The van der Waals surface area contributed by atoms with Gasteiger partial charge in [0.1, 0.15) is 0 Å². The van der Waals surface area contributed by atoms with Gasteiger partial charge in [0.2, 0.25) is 0 Å². The normalized spacial score (nSPS) is 10.8. The highest BCUT2D eigenvalue weighted by molar-refractivity contribution is 5.97. The lowest BCUT2D eigenvalue weighted by atomic mass is 10.1. The minimum absolute atomic E-state index is 0.118. The third kappa shape index (κ3) is 2.88. The van der Waals surface area contributed by atoms with Gasteiger partial charge < -0.3 is 10.6 Å². The summed E-state index contributed by atoms with van der Waals surface area (Å²) < 4.78 is 1.54. The molecule has 7 nitrogen and oxygen atoms in total. The second-order valence-corrected chi connectivity index (χ2v) is 5.42. The first-order valence-corrected chi connectivity index (χ1v) is 7.77. The van der Waals surface area contributed by atoms with Crippen LogP contribution in [0.25, 0.3) is 5.65 Å². The molecule has 0 saturated carbocycles. The van der Waals surface area contributed by atoms with E-state index < -0.39 is 0 Å². The first-order chi connectivity index (χ1) is 11.6. The highest BCUT2D eigenvalue weighted by Crippen LogP contribution is 2.18. The third-order valence-electron chi connectivity index (χ3n) is 3.88. The summed E-state index contributed by atoms with van der Waals surface area (Å²) in [6.45, 7) is 4.80. The lowest BCUT2D eigenvalue weighted by molar-refractivity contribution is 0.0950. The maximum atomic E-state index is 12.5. The van der Waals surface area contributed by atoms with Gasteiger partial charge in [0.15, 0.2) is 5.65 Å². The van der Waals surface area contributed by atoms with Crippen LogP contribution in [-0.4, -0.2) is 27.0 Å². The molecule has 3 N–H and O–H groups in total. The van der Waals surface area contributed by atoms with Crippen molar-refractivity contribution in [3.63, 3.8) is 0 Å². The van der Waals surface area contributed by atoms with Crippen LogP contribution in [0.5, 0.6) is 0 Å². The summed E-state index contributed by atoms with van der Waals surface area (Å²) in [6.07, 6.45) is 3.32. The van der Waals surface area contributed by atoms with E-state index in [0.717, 1.165) is 17.8 Å². The van der Waals surface area contributed by atoms with Gasteiger partial charge in [0.05, 0.1) is 12.1 Å². The lowest BCUT2D eigenvalue weighted by Gasteiger charge is -2.12. The lowest BCUT2D eigenvalue weighted by Crippen LogP contribution is -2.26. The van der Waals surface area contributed by atoms with E-state index in [4.69, 9.17) is 0 Å². The summed E-state index contributed by atoms with van der Waals surface area (Å²) in [5, 5.41) is 8.70. The number of amides is 1. The molecule has 1 aromatic carbocycles. The van der Waals surface area contributed by atoms with Crippen molar-refractivity contribution in [2.75, 3.05) is 11.9 Å². The summed E-state index contributed by atoms with van der Waals surface area (Å²) in [5.41, 5.74) is 3.09. The largest absolute Gasteiger partial charge is 0.385 e. The Labute approximate surface area is 138 Å². The van der Waals surface area contributed by atoms with Crippen LogP contribution in [0.15, 0.2) is 41.5 Å². The van der Waals surface area contributed by atoms with Crippen molar-refractivity contribution in [3.8, 4) is 0 Å². The molecule has 124 valence electrons. The summed E-state index contributed by atoms with van der Waals surface area (Å²) in [6, 6.07) is 7.26. The zero-order valence-corrected chi connectivity index (χ0v) is 13.6. The molecule has 3 aromatic rings. The molecule has 3 rings (SSSR count). The van der Waals surface area contributed by atoms with Crippen LogP contribution in [0.1, 0.15) is 28.4 Å². The van der Waals surface area contributed by atoms with Gasteiger partial charge in [0.25, 0.3) is 11.5 Å². The Morgan fingerprint density at radius 1 is 1.33 bits per heavy atom. The van der Waals surface area contributed by atoms with Gasteiger partial charge in [-0.2, -0.15) is 0 Å². The number of aromatic nitrogens is 3. The van der Waals surface area contributed by atoms with Gasteiger partial charge in [0, 0.05) is 30.2 Å². The fourth-order valence-electron chi connectivity index (χ4n) is 2.65. The zero-order chi connectivity index (χ0) is 17.1. The molecule has 0 bridgehead atoms. The molecule has 1 amide bonds. The van der Waals surface area contributed by atoms with Crippen molar-refractivity contribution in [3.05, 3.63) is 63.7 Å². The van der Waals surface area contributed by atoms with E-state index >= 15 is 0 Å². The molecule has 0 spiro atoms. The fraction of sp³-hybridized carbons (Fsp3) is 0.235. The van der Waals surface area contributed by atoms with Gasteiger partial charge in [-0.3, -0.25) is 14.7 Å². The zero-order valence-electron chi connectivity index (χ0n) is 13.6. The SMILES string of the molecule is CCNc1cccc(C(=O)NCc2c(=O)[nH]n3cccnc23)c1C. The van der Waals surface area contributed by atoms with E-state index in [1.807, 2.05) is 26.0 Å². The molecular weight excluding hydrogens is 306 g/mol. The van der Waals surface area contributed by atoms with Crippen LogP contribution in [0, 0.1) is 6.92 Å². The average molecular weight is 325 g/mol. The summed E-state index contributed by atoms with van der Waals surface area (Å²) >= 11 is 0. The molecule has 0 saturated heterocycles. The number of hydrogen-bond acceptors (Lipinski definition) is 4. The second-order valence-electron chi connectivity index (χ2n) is 5.42. The van der Waals surface area contributed by atoms with Crippen molar-refractivity contribution in [1.82, 2.24) is 19.9 Å². The molecule has 0 aliphatic rings. The Balaban J connectivity index is 1.82. The predicted molar refractivity (Wildman–Crippen MR) is 92.3 cm³/mol. The number of carbonyl (C=O) groups is 1. The van der Waals surface area contributed by atoms with Crippen LogP contribution < -0.4 is 16.2 Å². The quantitative estimate of drug-likeness (QED) is 0.666. The van der Waals surface area contributed by atoms with Crippen LogP contribution in [0.4, 0.5) is 5.69 Å². The Morgan fingerprint density at radius 2 is 2.17 bits per heavy atom. The van der Waals surface area contributed by atoms with Crippen LogP contribution in [-0.2, 0) is 6.54 Å². The van der Waals surface area contributed by atoms with E-state index in [9.17, 15) is 9.59 Å². The smallest absolute Gasteiger partial charge is 0.271 e. The standard InChI is InChI=1S/C17H19N5O2/c1-3-18-14-7-4-6-12(11(14)2)16(23)20-10-13-15-19-8-5-9-22(15)21-17(13)24/h4-9,18H,3,10H2,1-2H3,(H,20,23)(H,21,24). The Hall–Kier alpha value is -3.09. The first kappa shape index (κ1) is 15.8. The minimum Gasteiger partial charge on any atom is -0.385 e. The summed E-state index contributed by atoms with van der Waals surface area (Å²) in [7, 11) is 0. The van der Waals surface area contributed by atoms with Crippen molar-refractivity contribution in [2.45, 2.75) is 20.4 Å². The number of hydrogen-bond donors (Lipinski definition) is 3. The molecule has 2 heterocycles. The highest BCUT2D eigenvalue weighted by Gasteiger charge is 2.14. The minimum atomic E-state index is -0.257. The number of carbonyl (C=O) groups excluding carboxylic acids is 1. The highest BCUT2D eigenvalue weighted by atomic mass is 16.2. The summed E-state index contributed by atoms with van der Waals surface area (Å²) in [4.78, 5) is 28.7. The molecule has 24 heavy (non-hydrogen) atoms. The molecule has 2 aromatic heterocycles. The Bertz CT molecular complexity index is 942. The van der Waals surface area contributed by atoms with Crippen LogP contribution in [0.2, 0.25) is 0 Å². The molecule has 0 atom stereocenters. The molecular formula is C17H19N5O2. The predicted octanol–water partition coefficient (Wildman–Crippen LogP) is 1.69. The first-order valence-electron chi connectivity index (χ1n) is 7.77. The maximum absolute atomic E-state index is 12.5. The number of H-pyrrole nitrogens is 1. The maximum Gasteiger partial charge on any atom is 0.271 e. The van der Waals surface area contributed by atoms with Crippen molar-refractivity contribution in [1.29, 1.82) is 0 Å². The molecule has 0 fully saturated rings. The Morgan fingerprint density at radius 3 is 2.96 bits per heavy atom. The number of fused-ring (bicyclic) bond motifs is 1. The van der Waals surface area contributed by atoms with Gasteiger partial charge in [-0.1, -0.05) is 6.07 Å². The van der Waals surface area contributed by atoms with Gasteiger partial charge in [-0.05, 0) is 37.6 Å². The van der Waals surface area contributed by atoms with E-state index in [2.05, 4.69) is 20.7 Å². The number of benzene rings is 1. The Kier molecular flexibility index (Phi) is 4.33. The number of nitrogens with zero attached hydrogens (tertiary/aromatic N) is 2. The molecule has 7 heteroatoms. The molecule has 0 radical (unpaired) electrons. The van der Waals surface area contributed by atoms with E-state index in [0.29, 0.717) is 16.8 Å². The van der Waals surface area contributed by atoms with Crippen LogP contribution >= 0.6 is 0 Å². The van der Waals surface area contributed by atoms with Crippen molar-refractivity contribution < 1.29 is 4.79 Å². The van der Waals surface area contributed by atoms with E-state index in [1.54, 1.807) is 29.0 Å². The third-order valence-corrected chi connectivity index (χ3v) is 3.88. The van der Waals surface area contributed by atoms with Gasteiger partial charge >= 0.3 is 0 Å². The number of aromatic amines is 1. The van der Waals surface area contributed by atoms with Gasteiger partial charge in [-0.15, -0.1) is 0 Å². The number of nitrogens with one attached hydrogen (secondary N) is 3. The topological polar surface area (TPSA) is 91.3 Å². The van der Waals surface area contributed by atoms with E-state index in [1.165, 1.54) is 0 Å². The molecule has 0 aliphatic carbocycles. The summed E-state index contributed by atoms with van der Waals surface area (Å²) in [5.74, 6) is -0.220. The molecule has 0 aliphatic heterocycles. The number of anilines is 1. The van der Waals surface area contributed by atoms with Crippen LogP contribution in [0.3, 0.4) is 0 Å². The number of rotatable bonds is 5.